The van der Waals surface area contributed by atoms with Crippen LogP contribution in [0.1, 0.15) is 18.1 Å². The molecule has 0 spiro atoms. The molecule has 0 radical (unpaired) electrons. The van der Waals surface area contributed by atoms with E-state index < -0.39 is 0 Å². The lowest BCUT2D eigenvalue weighted by Crippen LogP contribution is -2.49. The Morgan fingerprint density at radius 2 is 2.30 bits per heavy atom. The van der Waals surface area contributed by atoms with Crippen LogP contribution >= 0.6 is 0 Å². The summed E-state index contributed by atoms with van der Waals surface area (Å²) in [5.41, 5.74) is 2.54. The van der Waals surface area contributed by atoms with Gasteiger partial charge in [-0.2, -0.15) is 0 Å². The quantitative estimate of drug-likeness (QED) is 0.860. The third-order valence-corrected chi connectivity index (χ3v) is 3.79. The lowest BCUT2D eigenvalue weighted by Gasteiger charge is -2.36. The van der Waals surface area contributed by atoms with Gasteiger partial charge < -0.3 is 14.8 Å². The van der Waals surface area contributed by atoms with Gasteiger partial charge in [-0.1, -0.05) is 24.6 Å². The minimum absolute atomic E-state index is 0.439. The number of methoxy groups -OCH3 is 1. The highest BCUT2D eigenvalue weighted by Gasteiger charge is 2.23. The summed E-state index contributed by atoms with van der Waals surface area (Å²) in [5, 5.41) is 3.42. The highest BCUT2D eigenvalue weighted by molar-refractivity contribution is 5.36. The van der Waals surface area contributed by atoms with E-state index in [1.807, 2.05) is 0 Å². The Hall–Kier alpha value is -1.10. The molecule has 1 N–H and O–H groups in total. The molecule has 1 aliphatic rings. The average Bonchev–Trinajstić information content (AvgIpc) is 2.47. The molecule has 0 bridgehead atoms. The smallest absolute Gasteiger partial charge is 0.123 e. The van der Waals surface area contributed by atoms with Gasteiger partial charge in [0.25, 0.3) is 0 Å². The van der Waals surface area contributed by atoms with Gasteiger partial charge in [-0.15, -0.1) is 0 Å². The van der Waals surface area contributed by atoms with E-state index in [1.165, 1.54) is 11.1 Å². The number of benzene rings is 1. The van der Waals surface area contributed by atoms with Crippen molar-refractivity contribution >= 4 is 0 Å². The number of hydrogen-bond acceptors (Lipinski definition) is 4. The fourth-order valence-corrected chi connectivity index (χ4v) is 2.65. The molecule has 112 valence electrons. The molecular weight excluding hydrogens is 252 g/mol. The van der Waals surface area contributed by atoms with Crippen molar-refractivity contribution in [3.8, 4) is 5.75 Å². The van der Waals surface area contributed by atoms with Crippen molar-refractivity contribution in [2.75, 3.05) is 40.0 Å². The van der Waals surface area contributed by atoms with E-state index in [4.69, 9.17) is 9.47 Å². The van der Waals surface area contributed by atoms with E-state index in [0.717, 1.165) is 45.1 Å². The second-order valence-electron chi connectivity index (χ2n) is 5.32. The van der Waals surface area contributed by atoms with Gasteiger partial charge in [-0.3, -0.25) is 4.90 Å². The summed E-state index contributed by atoms with van der Waals surface area (Å²) in [6.45, 7) is 9.76. The molecular formula is C16H26N2O2. The highest BCUT2D eigenvalue weighted by atomic mass is 16.5. The summed E-state index contributed by atoms with van der Waals surface area (Å²) in [4.78, 5) is 2.49. The SMILES string of the molecule is CCNCC1COCCN1Cc1cc(C)ccc1OC. The molecule has 1 unspecified atom stereocenters. The average molecular weight is 278 g/mol. The zero-order valence-corrected chi connectivity index (χ0v) is 12.8. The number of likely N-dealkylation sites (N-methyl/N-ethyl adjacent to an activating group) is 1. The number of rotatable bonds is 6. The summed E-state index contributed by atoms with van der Waals surface area (Å²) in [5.74, 6) is 0.976. The predicted molar refractivity (Wildman–Crippen MR) is 81.3 cm³/mol. The van der Waals surface area contributed by atoms with Gasteiger partial charge in [0.15, 0.2) is 0 Å². The molecule has 1 aliphatic heterocycles. The Kier molecular flexibility index (Phi) is 5.83. The first kappa shape index (κ1) is 15.3. The number of nitrogens with one attached hydrogen (secondary N) is 1. The zero-order valence-electron chi connectivity index (χ0n) is 12.8. The maximum absolute atomic E-state index is 5.61. The fraction of sp³-hybridized carbons (Fsp3) is 0.625. The minimum Gasteiger partial charge on any atom is -0.496 e. The minimum atomic E-state index is 0.439. The number of hydrogen-bond donors (Lipinski definition) is 1. The molecule has 1 atom stereocenters. The van der Waals surface area contributed by atoms with Crippen LogP contribution in [0.2, 0.25) is 0 Å². The molecule has 4 heteroatoms. The molecule has 2 rings (SSSR count). The van der Waals surface area contributed by atoms with E-state index in [9.17, 15) is 0 Å². The lowest BCUT2D eigenvalue weighted by molar-refractivity contribution is -0.0110. The Balaban J connectivity index is 2.07. The van der Waals surface area contributed by atoms with Gasteiger partial charge in [-0.05, 0) is 19.5 Å². The number of nitrogens with zero attached hydrogens (tertiary/aromatic N) is 1. The molecule has 1 fully saturated rings. The Bertz CT molecular complexity index is 423. The number of ether oxygens (including phenoxy) is 2. The molecule has 1 saturated heterocycles. The van der Waals surface area contributed by atoms with E-state index in [0.29, 0.717) is 6.04 Å². The van der Waals surface area contributed by atoms with E-state index in [1.54, 1.807) is 7.11 Å². The predicted octanol–water partition coefficient (Wildman–Crippen LogP) is 1.81. The maximum atomic E-state index is 5.61. The van der Waals surface area contributed by atoms with E-state index in [-0.39, 0.29) is 0 Å². The van der Waals surface area contributed by atoms with Crippen molar-refractivity contribution in [3.63, 3.8) is 0 Å². The third kappa shape index (κ3) is 3.95. The summed E-state index contributed by atoms with van der Waals surface area (Å²) >= 11 is 0. The summed E-state index contributed by atoms with van der Waals surface area (Å²) in [6, 6.07) is 6.81. The third-order valence-electron chi connectivity index (χ3n) is 3.79. The summed E-state index contributed by atoms with van der Waals surface area (Å²) in [7, 11) is 1.74. The first-order chi connectivity index (χ1) is 9.74. The van der Waals surface area contributed by atoms with Crippen LogP contribution in [0.4, 0.5) is 0 Å². The largest absolute Gasteiger partial charge is 0.496 e. The van der Waals surface area contributed by atoms with Crippen molar-refractivity contribution < 1.29 is 9.47 Å². The van der Waals surface area contributed by atoms with E-state index in [2.05, 4.69) is 42.3 Å². The van der Waals surface area contributed by atoms with Crippen LogP contribution in [0.15, 0.2) is 18.2 Å². The van der Waals surface area contributed by atoms with Crippen LogP contribution in [0.3, 0.4) is 0 Å². The van der Waals surface area contributed by atoms with Crippen LogP contribution in [0.5, 0.6) is 5.75 Å². The molecule has 1 aromatic carbocycles. The Morgan fingerprint density at radius 3 is 3.05 bits per heavy atom. The maximum Gasteiger partial charge on any atom is 0.123 e. The lowest BCUT2D eigenvalue weighted by atomic mass is 10.1. The normalized spacial score (nSPS) is 20.1. The first-order valence-electron chi connectivity index (χ1n) is 7.40. The van der Waals surface area contributed by atoms with Gasteiger partial charge in [-0.25, -0.2) is 0 Å². The molecule has 1 aromatic rings. The van der Waals surface area contributed by atoms with Gasteiger partial charge in [0, 0.05) is 31.2 Å². The van der Waals surface area contributed by atoms with Crippen LogP contribution < -0.4 is 10.1 Å². The number of morpholine rings is 1. The van der Waals surface area contributed by atoms with Gasteiger partial charge in [0.05, 0.1) is 20.3 Å². The highest BCUT2D eigenvalue weighted by Crippen LogP contribution is 2.23. The molecule has 4 nitrogen and oxygen atoms in total. The van der Waals surface area contributed by atoms with Crippen LogP contribution in [-0.2, 0) is 11.3 Å². The molecule has 1 heterocycles. The molecule has 0 amide bonds. The van der Waals surface area contributed by atoms with Crippen molar-refractivity contribution in [3.05, 3.63) is 29.3 Å². The van der Waals surface area contributed by atoms with Crippen molar-refractivity contribution in [2.24, 2.45) is 0 Å². The Labute approximate surface area is 122 Å². The molecule has 20 heavy (non-hydrogen) atoms. The molecule has 0 aromatic heterocycles. The second-order valence-corrected chi connectivity index (χ2v) is 5.32. The van der Waals surface area contributed by atoms with Crippen LogP contribution in [0, 0.1) is 6.92 Å². The van der Waals surface area contributed by atoms with Crippen LogP contribution in [0.25, 0.3) is 0 Å². The molecule has 0 aliphatic carbocycles. The second kappa shape index (κ2) is 7.62. The number of aryl methyl sites for hydroxylation is 1. The Morgan fingerprint density at radius 1 is 1.45 bits per heavy atom. The van der Waals surface area contributed by atoms with Gasteiger partial charge in [0.1, 0.15) is 5.75 Å². The van der Waals surface area contributed by atoms with Crippen molar-refractivity contribution in [1.82, 2.24) is 10.2 Å². The van der Waals surface area contributed by atoms with Crippen molar-refractivity contribution in [1.29, 1.82) is 0 Å². The van der Waals surface area contributed by atoms with Gasteiger partial charge >= 0.3 is 0 Å². The first-order valence-corrected chi connectivity index (χ1v) is 7.40. The monoisotopic (exact) mass is 278 g/mol. The molecule has 0 saturated carbocycles. The van der Waals surface area contributed by atoms with Crippen molar-refractivity contribution in [2.45, 2.75) is 26.4 Å². The van der Waals surface area contributed by atoms with E-state index >= 15 is 0 Å². The summed E-state index contributed by atoms with van der Waals surface area (Å²) in [6.07, 6.45) is 0. The topological polar surface area (TPSA) is 33.7 Å². The van der Waals surface area contributed by atoms with Gasteiger partial charge in [0.2, 0.25) is 0 Å². The fourth-order valence-electron chi connectivity index (χ4n) is 2.65. The summed E-state index contributed by atoms with van der Waals surface area (Å²) < 4.78 is 11.1. The zero-order chi connectivity index (χ0) is 14.4. The standard InChI is InChI=1S/C16H26N2O2/c1-4-17-10-15-12-20-8-7-18(15)11-14-9-13(2)5-6-16(14)19-3/h5-6,9,15,17H,4,7-8,10-12H2,1-3H3. The van der Waals surface area contributed by atoms with Crippen LogP contribution in [-0.4, -0.2) is 50.9 Å².